The lowest BCUT2D eigenvalue weighted by molar-refractivity contribution is 0.0295. The van der Waals surface area contributed by atoms with E-state index in [2.05, 4.69) is 4.90 Å². The van der Waals surface area contributed by atoms with Crippen LogP contribution in [0.25, 0.3) is 0 Å². The van der Waals surface area contributed by atoms with Crippen LogP contribution in [0.1, 0.15) is 56.6 Å². The number of hydrogen-bond acceptors (Lipinski definition) is 1. The van der Waals surface area contributed by atoms with E-state index in [0.717, 1.165) is 0 Å². The third-order valence-corrected chi connectivity index (χ3v) is 5.36. The van der Waals surface area contributed by atoms with Gasteiger partial charge < -0.3 is 0 Å². The van der Waals surface area contributed by atoms with E-state index in [1.54, 1.807) is 0 Å². The SMILES string of the molecule is CCN(CC)C12CCC(CC1)c1c(F)c(F)c(F)c(F)c12. The molecule has 3 aliphatic carbocycles. The fraction of sp³-hybridized carbons (Fsp3) is 0.625. The van der Waals surface area contributed by atoms with E-state index in [4.69, 9.17) is 0 Å². The molecule has 5 heteroatoms. The molecule has 0 aliphatic heterocycles. The Labute approximate surface area is 121 Å². The molecule has 116 valence electrons. The van der Waals surface area contributed by atoms with Crippen molar-refractivity contribution in [3.63, 3.8) is 0 Å². The fourth-order valence-electron chi connectivity index (χ4n) is 4.42. The summed E-state index contributed by atoms with van der Waals surface area (Å²) in [5.74, 6) is -5.93. The van der Waals surface area contributed by atoms with Crippen molar-refractivity contribution in [2.75, 3.05) is 13.1 Å². The lowest BCUT2D eigenvalue weighted by atomic mass is 9.61. The maximum atomic E-state index is 14.5. The molecular formula is C16H19F4N. The number of nitrogens with zero attached hydrogens (tertiary/aromatic N) is 1. The van der Waals surface area contributed by atoms with E-state index in [1.807, 2.05) is 13.8 Å². The summed E-state index contributed by atoms with van der Waals surface area (Å²) in [6.45, 7) is 5.24. The molecule has 0 spiro atoms. The van der Waals surface area contributed by atoms with E-state index >= 15 is 0 Å². The van der Waals surface area contributed by atoms with Crippen LogP contribution in [0.5, 0.6) is 0 Å². The summed E-state index contributed by atoms with van der Waals surface area (Å²) in [6, 6.07) is 0. The summed E-state index contributed by atoms with van der Waals surface area (Å²) >= 11 is 0. The average molecular weight is 301 g/mol. The van der Waals surface area contributed by atoms with Crippen LogP contribution < -0.4 is 0 Å². The second kappa shape index (κ2) is 4.97. The molecule has 0 amide bonds. The van der Waals surface area contributed by atoms with Gasteiger partial charge >= 0.3 is 0 Å². The Hall–Kier alpha value is -1.10. The van der Waals surface area contributed by atoms with Crippen LogP contribution in [0, 0.1) is 23.3 Å². The maximum absolute atomic E-state index is 14.5. The van der Waals surface area contributed by atoms with Crippen LogP contribution in [0.15, 0.2) is 0 Å². The highest BCUT2D eigenvalue weighted by Gasteiger charge is 2.51. The standard InChI is InChI=1S/C16H19F4N/c1-3-21(4-2)16-7-5-9(6-8-16)10-11(16)13(18)15(20)14(19)12(10)17/h9H,3-8H2,1-2H3. The zero-order valence-electron chi connectivity index (χ0n) is 12.3. The Morgan fingerprint density at radius 3 is 1.95 bits per heavy atom. The fourth-order valence-corrected chi connectivity index (χ4v) is 4.42. The summed E-state index contributed by atoms with van der Waals surface area (Å²) in [5.41, 5.74) is -0.534. The first-order valence-corrected chi connectivity index (χ1v) is 7.59. The molecule has 0 heterocycles. The molecule has 0 atom stereocenters. The number of halogens is 4. The lowest BCUT2D eigenvalue weighted by Gasteiger charge is -2.53. The molecule has 2 bridgehead atoms. The summed E-state index contributed by atoms with van der Waals surface area (Å²) in [5, 5.41) is 0. The minimum Gasteiger partial charge on any atom is -0.294 e. The largest absolute Gasteiger partial charge is 0.294 e. The molecule has 0 unspecified atom stereocenters. The molecule has 0 saturated heterocycles. The van der Waals surface area contributed by atoms with Gasteiger partial charge in [0.2, 0.25) is 0 Å². The summed E-state index contributed by atoms with van der Waals surface area (Å²) in [7, 11) is 0. The molecule has 0 aromatic heterocycles. The van der Waals surface area contributed by atoms with Crippen molar-refractivity contribution in [2.24, 2.45) is 0 Å². The van der Waals surface area contributed by atoms with Crippen LogP contribution in [0.4, 0.5) is 17.6 Å². The normalized spacial score (nSPS) is 27.3. The van der Waals surface area contributed by atoms with Gasteiger partial charge in [-0.1, -0.05) is 13.8 Å². The van der Waals surface area contributed by atoms with Crippen molar-refractivity contribution in [3.8, 4) is 0 Å². The first-order valence-electron chi connectivity index (χ1n) is 7.59. The van der Waals surface area contributed by atoms with Crippen LogP contribution in [-0.4, -0.2) is 18.0 Å². The predicted molar refractivity (Wildman–Crippen MR) is 72.1 cm³/mol. The van der Waals surface area contributed by atoms with Gasteiger partial charge in [0.1, 0.15) is 0 Å². The van der Waals surface area contributed by atoms with Crippen molar-refractivity contribution in [1.29, 1.82) is 0 Å². The molecule has 21 heavy (non-hydrogen) atoms. The van der Waals surface area contributed by atoms with Crippen molar-refractivity contribution in [1.82, 2.24) is 4.90 Å². The topological polar surface area (TPSA) is 3.24 Å². The number of benzene rings is 1. The Balaban J connectivity index is 2.32. The molecule has 0 N–H and O–H groups in total. The quantitative estimate of drug-likeness (QED) is 0.453. The highest BCUT2D eigenvalue weighted by atomic mass is 19.2. The predicted octanol–water partition coefficient (Wildman–Crippen LogP) is 4.45. The highest BCUT2D eigenvalue weighted by Crippen LogP contribution is 2.56. The van der Waals surface area contributed by atoms with Gasteiger partial charge in [0.15, 0.2) is 23.3 Å². The molecule has 0 radical (unpaired) electrons. The molecule has 1 fully saturated rings. The second-order valence-electron chi connectivity index (χ2n) is 6.02. The molecule has 1 nitrogen and oxygen atoms in total. The number of fused-ring (bicyclic) bond motifs is 2. The molecular weight excluding hydrogens is 282 g/mol. The Bertz CT molecular complexity index is 572. The maximum Gasteiger partial charge on any atom is 0.197 e. The molecule has 1 saturated carbocycles. The van der Waals surface area contributed by atoms with Crippen molar-refractivity contribution in [2.45, 2.75) is 51.0 Å². The Morgan fingerprint density at radius 1 is 0.905 bits per heavy atom. The van der Waals surface area contributed by atoms with Crippen molar-refractivity contribution < 1.29 is 17.6 Å². The summed E-state index contributed by atoms with van der Waals surface area (Å²) in [4.78, 5) is 2.06. The van der Waals surface area contributed by atoms with E-state index in [0.29, 0.717) is 38.8 Å². The molecule has 3 aliphatic rings. The zero-order valence-corrected chi connectivity index (χ0v) is 12.3. The first-order chi connectivity index (χ1) is 9.97. The van der Waals surface area contributed by atoms with Crippen LogP contribution >= 0.6 is 0 Å². The van der Waals surface area contributed by atoms with Crippen LogP contribution in [-0.2, 0) is 5.54 Å². The average Bonchev–Trinajstić information content (AvgIpc) is 2.52. The molecule has 1 aromatic rings. The lowest BCUT2D eigenvalue weighted by Crippen LogP contribution is -2.52. The van der Waals surface area contributed by atoms with Crippen molar-refractivity contribution >= 4 is 0 Å². The van der Waals surface area contributed by atoms with Gasteiger partial charge in [-0.05, 0) is 44.7 Å². The van der Waals surface area contributed by atoms with E-state index < -0.39 is 28.8 Å². The summed E-state index contributed by atoms with van der Waals surface area (Å²) in [6.07, 6.45) is 2.75. The van der Waals surface area contributed by atoms with Crippen LogP contribution in [0.2, 0.25) is 0 Å². The third-order valence-electron chi connectivity index (χ3n) is 5.36. The minimum absolute atomic E-state index is 0.0742. The van der Waals surface area contributed by atoms with Gasteiger partial charge in [-0.25, -0.2) is 17.6 Å². The number of rotatable bonds is 3. The zero-order chi connectivity index (χ0) is 15.4. The second-order valence-corrected chi connectivity index (χ2v) is 6.02. The third kappa shape index (κ3) is 1.79. The monoisotopic (exact) mass is 301 g/mol. The molecule has 4 rings (SSSR count). The van der Waals surface area contributed by atoms with Crippen LogP contribution in [0.3, 0.4) is 0 Å². The minimum atomic E-state index is -1.68. The highest BCUT2D eigenvalue weighted by molar-refractivity contribution is 5.44. The van der Waals surface area contributed by atoms with Gasteiger partial charge in [-0.2, -0.15) is 0 Å². The van der Waals surface area contributed by atoms with E-state index in [9.17, 15) is 17.6 Å². The first kappa shape index (κ1) is 14.8. The summed E-state index contributed by atoms with van der Waals surface area (Å²) < 4.78 is 56.0. The van der Waals surface area contributed by atoms with Gasteiger partial charge in [0.25, 0.3) is 0 Å². The molecule has 1 aromatic carbocycles. The smallest absolute Gasteiger partial charge is 0.197 e. The van der Waals surface area contributed by atoms with E-state index in [1.165, 1.54) is 0 Å². The van der Waals surface area contributed by atoms with Crippen molar-refractivity contribution in [3.05, 3.63) is 34.4 Å². The Kier molecular flexibility index (Phi) is 3.51. The van der Waals surface area contributed by atoms with E-state index in [-0.39, 0.29) is 17.0 Å². The Morgan fingerprint density at radius 2 is 1.43 bits per heavy atom. The van der Waals surface area contributed by atoms with Gasteiger partial charge in [0.05, 0.1) is 0 Å². The van der Waals surface area contributed by atoms with Gasteiger partial charge in [0, 0.05) is 16.7 Å². The number of hydrogen-bond donors (Lipinski definition) is 0. The van der Waals surface area contributed by atoms with Gasteiger partial charge in [-0.15, -0.1) is 0 Å². The van der Waals surface area contributed by atoms with Gasteiger partial charge in [-0.3, -0.25) is 4.90 Å².